The van der Waals surface area contributed by atoms with Gasteiger partial charge in [-0.25, -0.2) is 4.79 Å². The summed E-state index contributed by atoms with van der Waals surface area (Å²) in [6.45, 7) is 2.10. The topological polar surface area (TPSA) is 47.9 Å². The largest absolute Gasteiger partial charge is 0.396 e. The molecule has 4 aliphatic rings. The zero-order valence-corrected chi connectivity index (χ0v) is 17.4. The molecule has 1 aromatic carbocycles. The SMILES string of the molecule is O=C(N1CCC2=C(CC(C(F)(F)F)C=N2)C1)N1CCC(NC2Cc3ccccc3C2)C1. The van der Waals surface area contributed by atoms with Crippen molar-refractivity contribution in [1.29, 1.82) is 0 Å². The van der Waals surface area contributed by atoms with Crippen molar-refractivity contribution in [2.75, 3.05) is 26.2 Å². The molecular weight excluding hydrogens is 405 g/mol. The van der Waals surface area contributed by atoms with Gasteiger partial charge in [0.1, 0.15) is 0 Å². The van der Waals surface area contributed by atoms with Crippen LogP contribution in [0.2, 0.25) is 0 Å². The lowest BCUT2D eigenvalue weighted by Crippen LogP contribution is -2.47. The molecule has 2 unspecified atom stereocenters. The lowest BCUT2D eigenvalue weighted by Gasteiger charge is -2.35. The number of likely N-dealkylation sites (tertiary alicyclic amines) is 1. The monoisotopic (exact) mass is 432 g/mol. The summed E-state index contributed by atoms with van der Waals surface area (Å²) < 4.78 is 39.3. The number of carbonyl (C=O) groups excluding carboxylic acids is 1. The van der Waals surface area contributed by atoms with Crippen molar-refractivity contribution >= 4 is 12.2 Å². The summed E-state index contributed by atoms with van der Waals surface area (Å²) in [5.41, 5.74) is 4.18. The van der Waals surface area contributed by atoms with Crippen LogP contribution in [-0.4, -0.2) is 66.5 Å². The van der Waals surface area contributed by atoms with Crippen molar-refractivity contribution in [1.82, 2.24) is 15.1 Å². The number of carbonyl (C=O) groups is 1. The highest BCUT2D eigenvalue weighted by Gasteiger charge is 2.42. The van der Waals surface area contributed by atoms with Crippen molar-refractivity contribution in [2.45, 2.75) is 50.4 Å². The normalized spacial score (nSPS) is 26.4. The summed E-state index contributed by atoms with van der Waals surface area (Å²) >= 11 is 0. The van der Waals surface area contributed by atoms with Crippen molar-refractivity contribution in [3.8, 4) is 0 Å². The van der Waals surface area contributed by atoms with E-state index in [2.05, 4.69) is 34.6 Å². The average molecular weight is 432 g/mol. The maximum absolute atomic E-state index is 13.1. The van der Waals surface area contributed by atoms with E-state index in [0.29, 0.717) is 37.7 Å². The molecule has 5 rings (SSSR count). The number of nitrogens with one attached hydrogen (secondary N) is 1. The van der Waals surface area contributed by atoms with Crippen LogP contribution in [0.1, 0.15) is 30.4 Å². The van der Waals surface area contributed by atoms with E-state index in [1.807, 2.05) is 4.90 Å². The number of amides is 2. The molecule has 8 heteroatoms. The molecule has 2 atom stereocenters. The fourth-order valence-electron chi connectivity index (χ4n) is 5.30. The predicted octanol–water partition coefficient (Wildman–Crippen LogP) is 3.55. The molecule has 1 saturated heterocycles. The number of alkyl halides is 3. The van der Waals surface area contributed by atoms with Crippen LogP contribution >= 0.6 is 0 Å². The summed E-state index contributed by atoms with van der Waals surface area (Å²) in [5, 5.41) is 3.71. The van der Waals surface area contributed by atoms with E-state index in [9.17, 15) is 18.0 Å². The number of benzene rings is 1. The molecule has 1 aromatic rings. The van der Waals surface area contributed by atoms with Gasteiger partial charge in [0.15, 0.2) is 0 Å². The maximum Gasteiger partial charge on any atom is 0.396 e. The minimum atomic E-state index is -4.29. The molecular formula is C23H27F3N4O. The van der Waals surface area contributed by atoms with Crippen molar-refractivity contribution < 1.29 is 18.0 Å². The number of rotatable bonds is 2. The third kappa shape index (κ3) is 4.22. The molecule has 0 saturated carbocycles. The van der Waals surface area contributed by atoms with E-state index in [0.717, 1.165) is 31.2 Å². The molecule has 1 N–H and O–H groups in total. The fraction of sp³-hybridized carbons (Fsp3) is 0.565. The quantitative estimate of drug-likeness (QED) is 0.777. The molecule has 0 aromatic heterocycles. The second-order valence-corrected chi connectivity index (χ2v) is 9.11. The average Bonchev–Trinajstić information content (AvgIpc) is 3.38. The molecule has 0 radical (unpaired) electrons. The lowest BCUT2D eigenvalue weighted by molar-refractivity contribution is -0.154. The number of urea groups is 1. The highest BCUT2D eigenvalue weighted by molar-refractivity contribution is 5.76. The Kier molecular flexibility index (Phi) is 5.28. The number of halogens is 3. The Balaban J connectivity index is 1.15. The Morgan fingerprint density at radius 1 is 1.03 bits per heavy atom. The van der Waals surface area contributed by atoms with Gasteiger partial charge in [-0.05, 0) is 42.4 Å². The smallest absolute Gasteiger partial charge is 0.323 e. The highest BCUT2D eigenvalue weighted by Crippen LogP contribution is 2.36. The molecule has 31 heavy (non-hydrogen) atoms. The van der Waals surface area contributed by atoms with E-state index in [4.69, 9.17) is 0 Å². The summed E-state index contributed by atoms with van der Waals surface area (Å²) in [6.07, 6.45) is 0.114. The Bertz CT molecular complexity index is 901. The highest BCUT2D eigenvalue weighted by atomic mass is 19.4. The van der Waals surface area contributed by atoms with E-state index in [-0.39, 0.29) is 25.0 Å². The first-order chi connectivity index (χ1) is 14.9. The third-order valence-electron chi connectivity index (χ3n) is 6.96. The van der Waals surface area contributed by atoms with Gasteiger partial charge in [-0.1, -0.05) is 24.3 Å². The summed E-state index contributed by atoms with van der Waals surface area (Å²) in [4.78, 5) is 20.6. The first kappa shape index (κ1) is 20.5. The number of aliphatic imine (C=N–C) groups is 1. The van der Waals surface area contributed by atoms with E-state index < -0.39 is 12.1 Å². The van der Waals surface area contributed by atoms with Crippen LogP contribution < -0.4 is 5.32 Å². The van der Waals surface area contributed by atoms with E-state index in [1.165, 1.54) is 11.1 Å². The first-order valence-electron chi connectivity index (χ1n) is 11.1. The Morgan fingerprint density at radius 3 is 2.48 bits per heavy atom. The Labute approximate surface area is 180 Å². The van der Waals surface area contributed by atoms with Gasteiger partial charge in [0.25, 0.3) is 0 Å². The zero-order chi connectivity index (χ0) is 21.6. The summed E-state index contributed by atoms with van der Waals surface area (Å²) in [5.74, 6) is -1.54. The van der Waals surface area contributed by atoms with Crippen LogP contribution in [0.25, 0.3) is 0 Å². The van der Waals surface area contributed by atoms with Gasteiger partial charge < -0.3 is 15.1 Å². The lowest BCUT2D eigenvalue weighted by atomic mass is 9.92. The van der Waals surface area contributed by atoms with E-state index in [1.54, 1.807) is 4.90 Å². The van der Waals surface area contributed by atoms with Gasteiger partial charge in [0.05, 0.1) is 5.92 Å². The van der Waals surface area contributed by atoms with Crippen LogP contribution in [-0.2, 0) is 12.8 Å². The fourth-order valence-corrected chi connectivity index (χ4v) is 5.30. The molecule has 0 bridgehead atoms. The minimum absolute atomic E-state index is 0.0660. The van der Waals surface area contributed by atoms with Gasteiger partial charge in [-0.3, -0.25) is 4.99 Å². The van der Waals surface area contributed by atoms with Crippen LogP contribution in [0.3, 0.4) is 0 Å². The van der Waals surface area contributed by atoms with Crippen LogP contribution in [0.15, 0.2) is 40.5 Å². The van der Waals surface area contributed by atoms with Crippen LogP contribution in [0, 0.1) is 5.92 Å². The predicted molar refractivity (Wildman–Crippen MR) is 112 cm³/mol. The molecule has 2 amide bonds. The molecule has 0 spiro atoms. The van der Waals surface area contributed by atoms with Gasteiger partial charge >= 0.3 is 12.2 Å². The van der Waals surface area contributed by atoms with Crippen molar-refractivity contribution in [3.63, 3.8) is 0 Å². The number of hydrogen-bond acceptors (Lipinski definition) is 3. The molecule has 3 aliphatic heterocycles. The van der Waals surface area contributed by atoms with Crippen LogP contribution in [0.5, 0.6) is 0 Å². The summed E-state index contributed by atoms with van der Waals surface area (Å²) in [7, 11) is 0. The molecule has 5 nitrogen and oxygen atoms in total. The molecule has 3 heterocycles. The van der Waals surface area contributed by atoms with Crippen molar-refractivity contribution in [2.24, 2.45) is 10.9 Å². The minimum Gasteiger partial charge on any atom is -0.323 e. The molecule has 1 fully saturated rings. The third-order valence-corrected chi connectivity index (χ3v) is 6.96. The van der Waals surface area contributed by atoms with Crippen molar-refractivity contribution in [3.05, 3.63) is 46.7 Å². The van der Waals surface area contributed by atoms with Crippen LogP contribution in [0.4, 0.5) is 18.0 Å². The second-order valence-electron chi connectivity index (χ2n) is 9.11. The number of hydrogen-bond donors (Lipinski definition) is 1. The molecule has 166 valence electrons. The number of fused-ring (bicyclic) bond motifs is 1. The molecule has 1 aliphatic carbocycles. The van der Waals surface area contributed by atoms with Gasteiger partial charge in [0, 0.05) is 56.6 Å². The van der Waals surface area contributed by atoms with Gasteiger partial charge in [-0.2, -0.15) is 13.2 Å². The van der Waals surface area contributed by atoms with Gasteiger partial charge in [0.2, 0.25) is 0 Å². The van der Waals surface area contributed by atoms with E-state index >= 15 is 0 Å². The number of nitrogens with zero attached hydrogens (tertiary/aromatic N) is 3. The zero-order valence-electron chi connectivity index (χ0n) is 17.4. The summed E-state index contributed by atoms with van der Waals surface area (Å²) in [6, 6.07) is 9.11. The second kappa shape index (κ2) is 7.97. The first-order valence-corrected chi connectivity index (χ1v) is 11.1. The standard InChI is InChI=1S/C23H27F3N4O/c24-23(25,26)18-9-17-13-29(8-6-21(17)27-12-18)22(31)30-7-5-19(14-30)28-20-10-15-3-1-2-4-16(15)11-20/h1-4,12,18-20,28H,5-11,13-14H2. The Morgan fingerprint density at radius 2 is 1.77 bits per heavy atom. The Hall–Kier alpha value is -2.35. The van der Waals surface area contributed by atoms with Gasteiger partial charge in [-0.15, -0.1) is 0 Å². The maximum atomic E-state index is 13.1.